The van der Waals surface area contributed by atoms with E-state index in [9.17, 15) is 0 Å². The van der Waals surface area contributed by atoms with Crippen molar-refractivity contribution in [1.29, 1.82) is 0 Å². The summed E-state index contributed by atoms with van der Waals surface area (Å²) >= 11 is 0. The maximum atomic E-state index is 6.08. The van der Waals surface area contributed by atoms with Crippen LogP contribution >= 0.6 is 0 Å². The molecular formula is C13H24N4O. The number of hydrogen-bond donors (Lipinski definition) is 1. The molecule has 0 aliphatic carbocycles. The number of anilines is 2. The molecule has 1 aromatic rings. The fourth-order valence-corrected chi connectivity index (χ4v) is 1.70. The smallest absolute Gasteiger partial charge is 0.242 e. The number of nitrogen functional groups attached to an aromatic ring is 1. The molecular weight excluding hydrogens is 228 g/mol. The van der Waals surface area contributed by atoms with Crippen molar-refractivity contribution >= 4 is 11.5 Å². The van der Waals surface area contributed by atoms with Crippen molar-refractivity contribution in [3.63, 3.8) is 0 Å². The number of unbranched alkanes of at least 4 members (excludes halogenated alkanes) is 1. The molecule has 102 valence electrons. The van der Waals surface area contributed by atoms with Gasteiger partial charge in [-0.2, -0.15) is 4.98 Å². The van der Waals surface area contributed by atoms with Crippen LogP contribution in [0.4, 0.5) is 11.5 Å². The average Bonchev–Trinajstić information content (AvgIpc) is 2.40. The van der Waals surface area contributed by atoms with E-state index in [0.29, 0.717) is 18.2 Å². The first kappa shape index (κ1) is 14.5. The maximum Gasteiger partial charge on any atom is 0.242 e. The van der Waals surface area contributed by atoms with Crippen molar-refractivity contribution < 1.29 is 4.74 Å². The molecule has 0 amide bonds. The topological polar surface area (TPSA) is 64.3 Å². The van der Waals surface area contributed by atoms with Crippen LogP contribution in [0.25, 0.3) is 0 Å². The van der Waals surface area contributed by atoms with Crippen molar-refractivity contribution in [3.8, 4) is 5.88 Å². The molecule has 0 spiro atoms. The summed E-state index contributed by atoms with van der Waals surface area (Å²) in [7, 11) is 0. The van der Waals surface area contributed by atoms with Gasteiger partial charge in [0.05, 0.1) is 6.61 Å². The van der Waals surface area contributed by atoms with Crippen molar-refractivity contribution in [2.24, 2.45) is 0 Å². The lowest BCUT2D eigenvalue weighted by molar-refractivity contribution is 0.306. The number of nitrogens with two attached hydrogens (primary N) is 1. The van der Waals surface area contributed by atoms with E-state index in [4.69, 9.17) is 10.5 Å². The largest absolute Gasteiger partial charge is 0.476 e. The van der Waals surface area contributed by atoms with Gasteiger partial charge in [0.25, 0.3) is 0 Å². The molecule has 1 rings (SSSR count). The highest BCUT2D eigenvalue weighted by atomic mass is 16.5. The van der Waals surface area contributed by atoms with Gasteiger partial charge in [-0.3, -0.25) is 0 Å². The second-order valence-electron chi connectivity index (χ2n) is 4.20. The standard InChI is InChI=1S/C13H24N4O/c1-4-7-8-17(6-3)12-11(14)13(16-10-15-12)18-9-5-2/h10H,4-9,14H2,1-3H3. The zero-order valence-electron chi connectivity index (χ0n) is 11.6. The molecule has 0 bridgehead atoms. The van der Waals surface area contributed by atoms with Gasteiger partial charge in [-0.25, -0.2) is 4.98 Å². The molecule has 1 heterocycles. The Morgan fingerprint density at radius 2 is 2.00 bits per heavy atom. The summed E-state index contributed by atoms with van der Waals surface area (Å²) in [5.41, 5.74) is 6.63. The zero-order chi connectivity index (χ0) is 13.4. The van der Waals surface area contributed by atoms with Gasteiger partial charge in [-0.1, -0.05) is 20.3 Å². The number of ether oxygens (including phenoxy) is 1. The first-order chi connectivity index (χ1) is 8.74. The van der Waals surface area contributed by atoms with Crippen molar-refractivity contribution in [2.45, 2.75) is 40.0 Å². The van der Waals surface area contributed by atoms with Gasteiger partial charge in [0, 0.05) is 13.1 Å². The fourth-order valence-electron chi connectivity index (χ4n) is 1.70. The lowest BCUT2D eigenvalue weighted by Gasteiger charge is -2.23. The van der Waals surface area contributed by atoms with Crippen LogP contribution in [0.1, 0.15) is 40.0 Å². The molecule has 0 radical (unpaired) electrons. The molecule has 5 nitrogen and oxygen atoms in total. The summed E-state index contributed by atoms with van der Waals surface area (Å²) in [5.74, 6) is 1.28. The van der Waals surface area contributed by atoms with E-state index < -0.39 is 0 Å². The van der Waals surface area contributed by atoms with E-state index in [2.05, 4.69) is 35.6 Å². The molecule has 0 saturated carbocycles. The Kier molecular flexibility index (Phi) is 6.25. The van der Waals surface area contributed by atoms with Crippen molar-refractivity contribution in [1.82, 2.24) is 9.97 Å². The van der Waals surface area contributed by atoms with Crippen LogP contribution < -0.4 is 15.4 Å². The summed E-state index contributed by atoms with van der Waals surface area (Å²) in [5, 5.41) is 0. The minimum absolute atomic E-state index is 0.497. The minimum atomic E-state index is 0.497. The summed E-state index contributed by atoms with van der Waals surface area (Å²) in [6, 6.07) is 0. The SMILES string of the molecule is CCCCN(CC)c1ncnc(OCCC)c1N. The van der Waals surface area contributed by atoms with E-state index in [1.807, 2.05) is 0 Å². The molecule has 5 heteroatoms. The second kappa shape index (κ2) is 7.74. The summed E-state index contributed by atoms with van der Waals surface area (Å²) in [6.07, 6.45) is 4.74. The van der Waals surface area contributed by atoms with Crippen LogP contribution in [0.5, 0.6) is 5.88 Å². The highest BCUT2D eigenvalue weighted by Crippen LogP contribution is 2.27. The normalized spacial score (nSPS) is 10.4. The van der Waals surface area contributed by atoms with Gasteiger partial charge in [-0.05, 0) is 19.8 Å². The zero-order valence-corrected chi connectivity index (χ0v) is 11.6. The van der Waals surface area contributed by atoms with Crippen molar-refractivity contribution in [2.75, 3.05) is 30.3 Å². The number of hydrogen-bond acceptors (Lipinski definition) is 5. The highest BCUT2D eigenvalue weighted by Gasteiger charge is 2.14. The number of rotatable bonds is 8. The van der Waals surface area contributed by atoms with Gasteiger partial charge in [0.1, 0.15) is 12.0 Å². The molecule has 0 unspecified atom stereocenters. The Bertz CT molecular complexity index is 357. The van der Waals surface area contributed by atoms with Gasteiger partial charge < -0.3 is 15.4 Å². The van der Waals surface area contributed by atoms with Crippen LogP contribution in [-0.4, -0.2) is 29.7 Å². The molecule has 0 saturated heterocycles. The van der Waals surface area contributed by atoms with Crippen LogP contribution in [-0.2, 0) is 0 Å². The fraction of sp³-hybridized carbons (Fsp3) is 0.692. The Morgan fingerprint density at radius 1 is 1.22 bits per heavy atom. The first-order valence-electron chi connectivity index (χ1n) is 6.72. The highest BCUT2D eigenvalue weighted by molar-refractivity contribution is 5.67. The lowest BCUT2D eigenvalue weighted by Crippen LogP contribution is -2.26. The number of aromatic nitrogens is 2. The Morgan fingerprint density at radius 3 is 2.61 bits per heavy atom. The van der Waals surface area contributed by atoms with Gasteiger partial charge >= 0.3 is 0 Å². The van der Waals surface area contributed by atoms with Crippen LogP contribution in [0.15, 0.2) is 6.33 Å². The molecule has 0 aliphatic rings. The van der Waals surface area contributed by atoms with E-state index in [1.165, 1.54) is 6.33 Å². The monoisotopic (exact) mass is 252 g/mol. The van der Waals surface area contributed by atoms with Crippen molar-refractivity contribution in [3.05, 3.63) is 6.33 Å². The van der Waals surface area contributed by atoms with Crippen LogP contribution in [0.3, 0.4) is 0 Å². The molecule has 1 aromatic heterocycles. The molecule has 0 fully saturated rings. The minimum Gasteiger partial charge on any atom is -0.476 e. The first-order valence-corrected chi connectivity index (χ1v) is 6.72. The van der Waals surface area contributed by atoms with E-state index >= 15 is 0 Å². The predicted molar refractivity (Wildman–Crippen MR) is 75.0 cm³/mol. The van der Waals surface area contributed by atoms with Gasteiger partial charge in [-0.15, -0.1) is 0 Å². The summed E-state index contributed by atoms with van der Waals surface area (Å²) in [6.45, 7) is 8.80. The Hall–Kier alpha value is -1.52. The van der Waals surface area contributed by atoms with Gasteiger partial charge in [0.2, 0.25) is 5.88 Å². The van der Waals surface area contributed by atoms with Gasteiger partial charge in [0.15, 0.2) is 5.82 Å². The third kappa shape index (κ3) is 3.75. The quantitative estimate of drug-likeness (QED) is 0.770. The van der Waals surface area contributed by atoms with E-state index in [-0.39, 0.29) is 0 Å². The molecule has 0 atom stereocenters. The van der Waals surface area contributed by atoms with E-state index in [0.717, 1.165) is 38.2 Å². The third-order valence-corrected chi connectivity index (χ3v) is 2.73. The van der Waals surface area contributed by atoms with Crippen LogP contribution in [0.2, 0.25) is 0 Å². The predicted octanol–water partition coefficient (Wildman–Crippen LogP) is 2.47. The summed E-state index contributed by atoms with van der Waals surface area (Å²) < 4.78 is 5.52. The molecule has 0 aromatic carbocycles. The van der Waals surface area contributed by atoms with Crippen LogP contribution in [0, 0.1) is 0 Å². The molecule has 18 heavy (non-hydrogen) atoms. The lowest BCUT2D eigenvalue weighted by atomic mass is 10.3. The molecule has 0 aliphatic heterocycles. The Labute approximate surface area is 109 Å². The third-order valence-electron chi connectivity index (χ3n) is 2.73. The average molecular weight is 252 g/mol. The number of nitrogens with zero attached hydrogens (tertiary/aromatic N) is 3. The summed E-state index contributed by atoms with van der Waals surface area (Å²) in [4.78, 5) is 10.5. The van der Waals surface area contributed by atoms with E-state index in [1.54, 1.807) is 0 Å². The molecule has 2 N–H and O–H groups in total. The second-order valence-corrected chi connectivity index (χ2v) is 4.20. The Balaban J connectivity index is 2.86. The maximum absolute atomic E-state index is 6.08.